The van der Waals surface area contributed by atoms with Gasteiger partial charge in [0.05, 0.1) is 6.20 Å². The number of aromatic nitrogens is 1. The fourth-order valence-corrected chi connectivity index (χ4v) is 1.88. The SMILES string of the molecule is CCC(CCN)Sc1ncco1. The van der Waals surface area contributed by atoms with E-state index >= 15 is 0 Å². The van der Waals surface area contributed by atoms with Gasteiger partial charge in [-0.05, 0) is 19.4 Å². The Bertz CT molecular complexity index is 201. The van der Waals surface area contributed by atoms with Gasteiger partial charge in [0.2, 0.25) is 0 Å². The van der Waals surface area contributed by atoms with Gasteiger partial charge in [-0.3, -0.25) is 0 Å². The molecule has 12 heavy (non-hydrogen) atoms. The molecular formula is C8H14N2OS. The van der Waals surface area contributed by atoms with Crippen molar-refractivity contribution in [3.63, 3.8) is 0 Å². The molecule has 1 rings (SSSR count). The third-order valence-electron chi connectivity index (χ3n) is 1.62. The Kier molecular flexibility index (Phi) is 4.18. The number of thioether (sulfide) groups is 1. The predicted molar refractivity (Wildman–Crippen MR) is 50.1 cm³/mol. The van der Waals surface area contributed by atoms with E-state index in [-0.39, 0.29) is 0 Å². The van der Waals surface area contributed by atoms with Gasteiger partial charge in [-0.15, -0.1) is 0 Å². The number of oxazole rings is 1. The lowest BCUT2D eigenvalue weighted by Gasteiger charge is -2.09. The summed E-state index contributed by atoms with van der Waals surface area (Å²) in [6, 6.07) is 0. The largest absolute Gasteiger partial charge is 0.440 e. The highest BCUT2D eigenvalue weighted by atomic mass is 32.2. The predicted octanol–water partition coefficient (Wildman–Crippen LogP) is 1.89. The normalized spacial score (nSPS) is 13.2. The molecule has 3 nitrogen and oxygen atoms in total. The minimum absolute atomic E-state index is 0.536. The Morgan fingerprint density at radius 1 is 1.75 bits per heavy atom. The Hall–Kier alpha value is -0.480. The van der Waals surface area contributed by atoms with Crippen molar-refractivity contribution in [2.24, 2.45) is 5.73 Å². The van der Waals surface area contributed by atoms with Gasteiger partial charge in [0.25, 0.3) is 5.22 Å². The molecule has 0 aliphatic heterocycles. The lowest BCUT2D eigenvalue weighted by Crippen LogP contribution is -2.09. The maximum atomic E-state index is 5.47. The highest BCUT2D eigenvalue weighted by Crippen LogP contribution is 2.25. The number of nitrogens with two attached hydrogens (primary N) is 1. The average molecular weight is 186 g/mol. The van der Waals surface area contributed by atoms with E-state index in [1.165, 1.54) is 0 Å². The maximum Gasteiger partial charge on any atom is 0.255 e. The number of hydrogen-bond acceptors (Lipinski definition) is 4. The van der Waals surface area contributed by atoms with Crippen LogP contribution in [0.4, 0.5) is 0 Å². The van der Waals surface area contributed by atoms with Gasteiger partial charge in [0, 0.05) is 5.25 Å². The minimum atomic E-state index is 0.536. The molecule has 0 amide bonds. The van der Waals surface area contributed by atoms with Crippen molar-refractivity contribution in [1.82, 2.24) is 4.98 Å². The van der Waals surface area contributed by atoms with E-state index in [0.29, 0.717) is 5.25 Å². The van der Waals surface area contributed by atoms with Crippen LogP contribution in [0, 0.1) is 0 Å². The average Bonchev–Trinajstić information content (AvgIpc) is 2.56. The summed E-state index contributed by atoms with van der Waals surface area (Å²) in [5.74, 6) is 0. The molecule has 1 unspecified atom stereocenters. The van der Waals surface area contributed by atoms with Gasteiger partial charge in [-0.25, -0.2) is 4.98 Å². The number of nitrogens with zero attached hydrogens (tertiary/aromatic N) is 1. The van der Waals surface area contributed by atoms with E-state index in [2.05, 4.69) is 11.9 Å². The number of hydrogen-bond donors (Lipinski definition) is 1. The van der Waals surface area contributed by atoms with Gasteiger partial charge in [-0.2, -0.15) is 0 Å². The van der Waals surface area contributed by atoms with Crippen molar-refractivity contribution in [3.05, 3.63) is 12.5 Å². The molecule has 1 aromatic rings. The second-order valence-electron chi connectivity index (χ2n) is 2.52. The van der Waals surface area contributed by atoms with Crippen molar-refractivity contribution >= 4 is 11.8 Å². The zero-order valence-electron chi connectivity index (χ0n) is 7.19. The first-order valence-electron chi connectivity index (χ1n) is 4.13. The summed E-state index contributed by atoms with van der Waals surface area (Å²) in [7, 11) is 0. The van der Waals surface area contributed by atoms with Crippen LogP contribution in [-0.4, -0.2) is 16.8 Å². The van der Waals surface area contributed by atoms with Gasteiger partial charge in [0.15, 0.2) is 0 Å². The van der Waals surface area contributed by atoms with Crippen molar-refractivity contribution < 1.29 is 4.42 Å². The first kappa shape index (κ1) is 9.61. The van der Waals surface area contributed by atoms with Crippen LogP contribution in [0.5, 0.6) is 0 Å². The van der Waals surface area contributed by atoms with Crippen LogP contribution in [-0.2, 0) is 0 Å². The molecule has 1 atom stereocenters. The van der Waals surface area contributed by atoms with Crippen molar-refractivity contribution in [2.45, 2.75) is 30.2 Å². The van der Waals surface area contributed by atoms with Crippen LogP contribution in [0.1, 0.15) is 19.8 Å². The molecule has 0 saturated heterocycles. The zero-order chi connectivity index (χ0) is 8.81. The summed E-state index contributed by atoms with van der Waals surface area (Å²) in [6.07, 6.45) is 5.38. The van der Waals surface area contributed by atoms with E-state index in [9.17, 15) is 0 Å². The summed E-state index contributed by atoms with van der Waals surface area (Å²) in [5.41, 5.74) is 5.47. The lowest BCUT2D eigenvalue weighted by molar-refractivity contribution is 0.452. The Balaban J connectivity index is 2.37. The molecule has 0 radical (unpaired) electrons. The van der Waals surface area contributed by atoms with Crippen LogP contribution >= 0.6 is 11.8 Å². The molecule has 0 bridgehead atoms. The first-order chi connectivity index (χ1) is 5.86. The van der Waals surface area contributed by atoms with Crippen molar-refractivity contribution in [1.29, 1.82) is 0 Å². The summed E-state index contributed by atoms with van der Waals surface area (Å²) in [5, 5.41) is 1.28. The zero-order valence-corrected chi connectivity index (χ0v) is 8.01. The minimum Gasteiger partial charge on any atom is -0.440 e. The fourth-order valence-electron chi connectivity index (χ4n) is 0.943. The van der Waals surface area contributed by atoms with Crippen molar-refractivity contribution in [3.8, 4) is 0 Å². The van der Waals surface area contributed by atoms with E-state index in [1.807, 2.05) is 0 Å². The summed E-state index contributed by atoms with van der Waals surface area (Å²) in [4.78, 5) is 4.04. The molecule has 0 aliphatic carbocycles. The monoisotopic (exact) mass is 186 g/mol. The smallest absolute Gasteiger partial charge is 0.255 e. The molecule has 0 aliphatic rings. The quantitative estimate of drug-likeness (QED) is 0.713. The third kappa shape index (κ3) is 2.87. The van der Waals surface area contributed by atoms with Crippen LogP contribution in [0.15, 0.2) is 22.1 Å². The summed E-state index contributed by atoms with van der Waals surface area (Å²) >= 11 is 1.66. The topological polar surface area (TPSA) is 52.0 Å². The molecule has 0 fully saturated rings. The lowest BCUT2D eigenvalue weighted by atomic mass is 10.2. The summed E-state index contributed by atoms with van der Waals surface area (Å²) < 4.78 is 5.12. The molecule has 0 saturated carbocycles. The van der Waals surface area contributed by atoms with Crippen LogP contribution < -0.4 is 5.73 Å². The first-order valence-corrected chi connectivity index (χ1v) is 5.01. The Morgan fingerprint density at radius 2 is 2.58 bits per heavy atom. The fraction of sp³-hybridized carbons (Fsp3) is 0.625. The van der Waals surface area contributed by atoms with Gasteiger partial charge < -0.3 is 10.2 Å². The third-order valence-corrected chi connectivity index (χ3v) is 2.93. The Morgan fingerprint density at radius 3 is 3.08 bits per heavy atom. The maximum absolute atomic E-state index is 5.47. The molecular weight excluding hydrogens is 172 g/mol. The highest BCUT2D eigenvalue weighted by molar-refractivity contribution is 7.99. The van der Waals surface area contributed by atoms with E-state index in [1.54, 1.807) is 24.2 Å². The standard InChI is InChI=1S/C8H14N2OS/c1-2-7(3-4-9)12-8-10-5-6-11-8/h5-7H,2-4,9H2,1H3. The van der Waals surface area contributed by atoms with Crippen LogP contribution in [0.3, 0.4) is 0 Å². The molecule has 4 heteroatoms. The Labute approximate surface area is 76.7 Å². The molecule has 68 valence electrons. The van der Waals surface area contributed by atoms with E-state index < -0.39 is 0 Å². The van der Waals surface area contributed by atoms with Gasteiger partial charge in [-0.1, -0.05) is 18.7 Å². The van der Waals surface area contributed by atoms with Gasteiger partial charge in [0.1, 0.15) is 6.26 Å². The second-order valence-corrected chi connectivity index (χ2v) is 3.78. The molecule has 2 N–H and O–H groups in total. The van der Waals surface area contributed by atoms with Gasteiger partial charge >= 0.3 is 0 Å². The molecule has 0 spiro atoms. The molecule has 0 aromatic carbocycles. The molecule has 1 aromatic heterocycles. The summed E-state index contributed by atoms with van der Waals surface area (Å²) in [6.45, 7) is 2.88. The number of rotatable bonds is 5. The van der Waals surface area contributed by atoms with E-state index in [0.717, 1.165) is 24.6 Å². The highest BCUT2D eigenvalue weighted by Gasteiger charge is 2.09. The van der Waals surface area contributed by atoms with Crippen molar-refractivity contribution in [2.75, 3.05) is 6.54 Å². The van der Waals surface area contributed by atoms with E-state index in [4.69, 9.17) is 10.2 Å². The van der Waals surface area contributed by atoms with Crippen LogP contribution in [0.25, 0.3) is 0 Å². The second kappa shape index (κ2) is 5.22. The molecule has 1 heterocycles. The van der Waals surface area contributed by atoms with Crippen LogP contribution in [0.2, 0.25) is 0 Å².